The fourth-order valence-electron chi connectivity index (χ4n) is 3.57. The fraction of sp³-hybridized carbons (Fsp3) is 0.333. The molecule has 0 N–H and O–H groups in total. The number of rotatable bonds is 2. The zero-order chi connectivity index (χ0) is 19.1. The molecule has 4 rings (SSSR count). The van der Waals surface area contributed by atoms with Gasteiger partial charge >= 0.3 is 6.03 Å². The molecule has 2 aromatic rings. The van der Waals surface area contributed by atoms with Gasteiger partial charge in [0.25, 0.3) is 0 Å². The largest absolute Gasteiger partial charge is 0.492 e. The average molecular weight is 367 g/mol. The number of ether oxygens (including phenoxy) is 1. The lowest BCUT2D eigenvalue weighted by molar-refractivity contribution is 0.125. The number of fused-ring (bicyclic) bond motifs is 3. The molecule has 2 aromatic carbocycles. The maximum absolute atomic E-state index is 13.9. The summed E-state index contributed by atoms with van der Waals surface area (Å²) in [6.07, 6.45) is 0. The first-order valence-corrected chi connectivity index (χ1v) is 9.09. The second kappa shape index (κ2) is 6.68. The van der Waals surface area contributed by atoms with E-state index in [-0.39, 0.29) is 29.8 Å². The Morgan fingerprint density at radius 2 is 2.00 bits per heavy atom. The third-order valence-corrected chi connectivity index (χ3v) is 5.26. The lowest BCUT2D eigenvalue weighted by Crippen LogP contribution is -2.43. The Labute approximate surface area is 158 Å². The molecule has 2 aliphatic heterocycles. The normalized spacial score (nSPS) is 20.6. The van der Waals surface area contributed by atoms with Crippen molar-refractivity contribution in [1.82, 2.24) is 9.91 Å². The van der Waals surface area contributed by atoms with Crippen molar-refractivity contribution in [3.05, 3.63) is 65.5 Å². The van der Waals surface area contributed by atoms with Gasteiger partial charge in [0.1, 0.15) is 11.6 Å². The van der Waals surface area contributed by atoms with E-state index < -0.39 is 0 Å². The average Bonchev–Trinajstić information content (AvgIpc) is 3.07. The zero-order valence-electron chi connectivity index (χ0n) is 15.6. The Morgan fingerprint density at radius 1 is 1.26 bits per heavy atom. The van der Waals surface area contributed by atoms with Crippen molar-refractivity contribution in [2.24, 2.45) is 11.0 Å². The van der Waals surface area contributed by atoms with Crippen LogP contribution in [0.1, 0.15) is 31.0 Å². The van der Waals surface area contributed by atoms with Crippen molar-refractivity contribution in [2.75, 3.05) is 13.7 Å². The highest BCUT2D eigenvalue weighted by molar-refractivity contribution is 6.07. The Hall–Kier alpha value is -2.89. The van der Waals surface area contributed by atoms with Crippen LogP contribution in [0.5, 0.6) is 5.75 Å². The first kappa shape index (κ1) is 17.5. The van der Waals surface area contributed by atoms with E-state index in [0.717, 1.165) is 5.56 Å². The molecule has 0 aromatic heterocycles. The predicted molar refractivity (Wildman–Crippen MR) is 101 cm³/mol. The van der Waals surface area contributed by atoms with E-state index in [2.05, 4.69) is 5.10 Å². The highest BCUT2D eigenvalue weighted by Gasteiger charge is 2.46. The van der Waals surface area contributed by atoms with Crippen molar-refractivity contribution in [2.45, 2.75) is 25.9 Å². The molecule has 0 bridgehead atoms. The Bertz CT molecular complexity index is 898. The molecule has 0 unspecified atom stereocenters. The molecule has 0 aliphatic carbocycles. The van der Waals surface area contributed by atoms with Gasteiger partial charge in [-0.25, -0.2) is 14.2 Å². The number of carbonyl (C=O) groups excluding carboxylic acids is 1. The second-order valence-corrected chi connectivity index (χ2v) is 7.23. The highest BCUT2D eigenvalue weighted by atomic mass is 19.1. The van der Waals surface area contributed by atoms with Crippen LogP contribution in [0.4, 0.5) is 9.18 Å². The fourth-order valence-corrected chi connectivity index (χ4v) is 3.57. The summed E-state index contributed by atoms with van der Waals surface area (Å²) < 4.78 is 19.7. The summed E-state index contributed by atoms with van der Waals surface area (Å²) in [5.41, 5.74) is 2.31. The van der Waals surface area contributed by atoms with Crippen LogP contribution in [0.3, 0.4) is 0 Å². The van der Waals surface area contributed by atoms with Crippen LogP contribution in [0.2, 0.25) is 0 Å². The molecule has 6 heteroatoms. The van der Waals surface area contributed by atoms with E-state index in [1.807, 2.05) is 44.2 Å². The van der Waals surface area contributed by atoms with Gasteiger partial charge in [0.15, 0.2) is 0 Å². The molecule has 0 saturated carbocycles. The SMILES string of the molecule is CC(C)N(C)C(=O)N1N=C2c3cc(F)ccc3OC[C@H]2[C@H]1c1ccccc1. The number of benzene rings is 2. The van der Waals surface area contributed by atoms with Gasteiger partial charge in [-0.1, -0.05) is 30.3 Å². The smallest absolute Gasteiger partial charge is 0.341 e. The maximum atomic E-state index is 13.9. The number of hydrazone groups is 1. The third-order valence-electron chi connectivity index (χ3n) is 5.26. The van der Waals surface area contributed by atoms with Gasteiger partial charge in [-0.05, 0) is 37.6 Å². The van der Waals surface area contributed by atoms with Gasteiger partial charge in [-0.15, -0.1) is 0 Å². The van der Waals surface area contributed by atoms with Gasteiger partial charge in [0.2, 0.25) is 0 Å². The van der Waals surface area contributed by atoms with Crippen LogP contribution in [-0.4, -0.2) is 41.3 Å². The van der Waals surface area contributed by atoms with E-state index >= 15 is 0 Å². The maximum Gasteiger partial charge on any atom is 0.341 e. The van der Waals surface area contributed by atoms with Crippen LogP contribution < -0.4 is 4.74 Å². The summed E-state index contributed by atoms with van der Waals surface area (Å²) in [6, 6.07) is 13.8. The molecule has 2 aliphatic rings. The summed E-state index contributed by atoms with van der Waals surface area (Å²) in [6.45, 7) is 4.31. The van der Waals surface area contributed by atoms with E-state index in [1.54, 1.807) is 18.0 Å². The minimum absolute atomic E-state index is 0.0396. The Kier molecular flexibility index (Phi) is 4.34. The number of hydrogen-bond donors (Lipinski definition) is 0. The van der Waals surface area contributed by atoms with Crippen molar-refractivity contribution >= 4 is 11.7 Å². The molecule has 0 saturated heterocycles. The van der Waals surface area contributed by atoms with Gasteiger partial charge < -0.3 is 9.64 Å². The molecular formula is C21H22FN3O2. The summed E-state index contributed by atoms with van der Waals surface area (Å²) >= 11 is 0. The summed E-state index contributed by atoms with van der Waals surface area (Å²) in [5, 5.41) is 6.19. The van der Waals surface area contributed by atoms with Crippen molar-refractivity contribution in [3.63, 3.8) is 0 Å². The van der Waals surface area contributed by atoms with Crippen molar-refractivity contribution in [1.29, 1.82) is 0 Å². The topological polar surface area (TPSA) is 45.1 Å². The van der Waals surface area contributed by atoms with E-state index in [4.69, 9.17) is 4.74 Å². The van der Waals surface area contributed by atoms with Crippen LogP contribution in [-0.2, 0) is 0 Å². The minimum atomic E-state index is -0.346. The van der Waals surface area contributed by atoms with Gasteiger partial charge in [-0.3, -0.25) is 0 Å². The van der Waals surface area contributed by atoms with Crippen LogP contribution in [0, 0.1) is 11.7 Å². The molecule has 0 fully saturated rings. The predicted octanol–water partition coefficient (Wildman–Crippen LogP) is 4.06. The summed E-state index contributed by atoms with van der Waals surface area (Å²) in [4.78, 5) is 14.8. The van der Waals surface area contributed by atoms with Gasteiger partial charge in [-0.2, -0.15) is 5.10 Å². The first-order valence-electron chi connectivity index (χ1n) is 9.09. The molecule has 140 valence electrons. The highest BCUT2D eigenvalue weighted by Crippen LogP contribution is 2.43. The molecule has 2 amide bonds. The third kappa shape index (κ3) is 2.95. The molecule has 2 heterocycles. The van der Waals surface area contributed by atoms with E-state index in [1.165, 1.54) is 17.1 Å². The lowest BCUT2D eigenvalue weighted by atomic mass is 9.86. The first-order chi connectivity index (χ1) is 13.0. The number of nitrogens with zero attached hydrogens (tertiary/aromatic N) is 3. The van der Waals surface area contributed by atoms with Crippen LogP contribution in [0.25, 0.3) is 0 Å². The second-order valence-electron chi connectivity index (χ2n) is 7.23. The number of halogens is 1. The summed E-state index contributed by atoms with van der Waals surface area (Å²) in [5.74, 6) is 0.108. The molecule has 0 spiro atoms. The van der Waals surface area contributed by atoms with Crippen LogP contribution in [0.15, 0.2) is 53.6 Å². The standard InChI is InChI=1S/C21H22FN3O2/c1-13(2)24(3)21(26)25-20(14-7-5-4-6-8-14)17-12-27-18-10-9-15(22)11-16(18)19(17)23-25/h4-11,13,17,20H,12H2,1-3H3/t17-,20-/m1/s1. The quantitative estimate of drug-likeness (QED) is 0.804. The minimum Gasteiger partial charge on any atom is -0.492 e. The van der Waals surface area contributed by atoms with Crippen molar-refractivity contribution < 1.29 is 13.9 Å². The number of hydrogen-bond acceptors (Lipinski definition) is 3. The zero-order valence-corrected chi connectivity index (χ0v) is 15.6. The molecule has 2 atom stereocenters. The molecule has 27 heavy (non-hydrogen) atoms. The Balaban J connectivity index is 1.81. The van der Waals surface area contributed by atoms with Gasteiger partial charge in [0, 0.05) is 18.7 Å². The van der Waals surface area contributed by atoms with Crippen LogP contribution >= 0.6 is 0 Å². The number of amides is 2. The lowest BCUT2D eigenvalue weighted by Gasteiger charge is -2.32. The summed E-state index contributed by atoms with van der Waals surface area (Å²) in [7, 11) is 1.77. The van der Waals surface area contributed by atoms with E-state index in [9.17, 15) is 9.18 Å². The molecule has 0 radical (unpaired) electrons. The Morgan fingerprint density at radius 3 is 2.70 bits per heavy atom. The number of carbonyl (C=O) groups is 1. The van der Waals surface area contributed by atoms with Gasteiger partial charge in [0.05, 0.1) is 24.3 Å². The monoisotopic (exact) mass is 367 g/mol. The van der Waals surface area contributed by atoms with E-state index in [0.29, 0.717) is 23.6 Å². The number of urea groups is 1. The van der Waals surface area contributed by atoms with Crippen molar-refractivity contribution in [3.8, 4) is 5.75 Å². The molecule has 5 nitrogen and oxygen atoms in total. The molecular weight excluding hydrogens is 345 g/mol.